The van der Waals surface area contributed by atoms with Gasteiger partial charge in [-0.2, -0.15) is 14.0 Å². The van der Waals surface area contributed by atoms with E-state index in [2.05, 4.69) is 9.27 Å². The highest BCUT2D eigenvalue weighted by Gasteiger charge is 2.24. The van der Waals surface area contributed by atoms with Crippen LogP contribution in [0.4, 0.5) is 0 Å². The van der Waals surface area contributed by atoms with Crippen molar-refractivity contribution in [1.29, 1.82) is 0 Å². The molecule has 0 aromatic carbocycles. The normalized spacial score (nSPS) is 11.6. The third kappa shape index (κ3) is 2.81. The van der Waals surface area contributed by atoms with Gasteiger partial charge >= 0.3 is 5.75 Å². The summed E-state index contributed by atoms with van der Waals surface area (Å²) in [6.07, 6.45) is 0. The van der Waals surface area contributed by atoms with Crippen LogP contribution in [0.3, 0.4) is 0 Å². The summed E-state index contributed by atoms with van der Waals surface area (Å²) in [5, 5.41) is 0. The van der Waals surface area contributed by atoms with Crippen molar-refractivity contribution in [2.45, 2.75) is 20.8 Å². The van der Waals surface area contributed by atoms with Crippen LogP contribution in [-0.2, 0) is 0 Å². The van der Waals surface area contributed by atoms with E-state index in [9.17, 15) is 14.0 Å². The third-order valence-corrected chi connectivity index (χ3v) is 1.97. The Morgan fingerprint density at radius 1 is 1.21 bits per heavy atom. The van der Waals surface area contributed by atoms with E-state index in [0.29, 0.717) is 11.3 Å². The molecular weight excluding hydrogens is 210 g/mol. The quantitative estimate of drug-likeness (QED) is 0.590. The van der Waals surface area contributed by atoms with E-state index in [-0.39, 0.29) is 5.75 Å². The fourth-order valence-corrected chi connectivity index (χ4v) is 1.65. The monoisotopic (exact) mass is 219 g/mol. The number of rotatable bonds is 2. The zero-order valence-electron chi connectivity index (χ0n) is 8.04. The van der Waals surface area contributed by atoms with Gasteiger partial charge < -0.3 is 0 Å². The van der Waals surface area contributed by atoms with E-state index < -0.39 is 10.2 Å². The first-order valence-corrected chi connectivity index (χ1v) is 5.08. The van der Waals surface area contributed by atoms with Crippen molar-refractivity contribution in [3.8, 4) is 5.75 Å². The average molecular weight is 220 g/mol. The van der Waals surface area contributed by atoms with E-state index in [1.165, 1.54) is 0 Å². The van der Waals surface area contributed by atoms with Crippen LogP contribution in [0.1, 0.15) is 17.0 Å². The summed E-state index contributed by atoms with van der Waals surface area (Å²) in [4.78, 5) is 3.99. The van der Waals surface area contributed by atoms with Crippen LogP contribution in [0.15, 0.2) is 6.07 Å². The molecule has 6 heteroatoms. The minimum absolute atomic E-state index is 0.00673. The Morgan fingerprint density at radius 3 is 2.21 bits per heavy atom. The molecule has 1 rings (SSSR count). The SMILES string of the molecule is Cc1cc(C)c(O[Cl+3]([O-])([O-])[O-])c(C)n1. The van der Waals surface area contributed by atoms with Gasteiger partial charge in [0.05, 0.1) is 5.69 Å². The lowest BCUT2D eigenvalue weighted by atomic mass is 10.2. The molecule has 0 atom stereocenters. The molecule has 0 bridgehead atoms. The summed E-state index contributed by atoms with van der Waals surface area (Å²) in [6.45, 7) is 5.00. The lowest BCUT2D eigenvalue weighted by molar-refractivity contribution is -1.91. The molecular formula is C8H10ClNO4. The highest BCUT2D eigenvalue weighted by Crippen LogP contribution is 2.23. The standard InChI is InChI=1S/C8H10ClNO4/c1-5-4-6(2)10-7(3)8(5)14-9(11,12)13/h4H,1-3H3. The predicted octanol–water partition coefficient (Wildman–Crippen LogP) is -1.72. The Kier molecular flexibility index (Phi) is 2.96. The summed E-state index contributed by atoms with van der Waals surface area (Å²) in [5.41, 5.74) is 1.70. The average Bonchev–Trinajstić information content (AvgIpc) is 1.95. The van der Waals surface area contributed by atoms with Gasteiger partial charge in [-0.25, -0.2) is 0 Å². The summed E-state index contributed by atoms with van der Waals surface area (Å²) < 4.78 is 35.3. The van der Waals surface area contributed by atoms with Crippen LogP contribution in [0, 0.1) is 31.0 Å². The van der Waals surface area contributed by atoms with Crippen LogP contribution in [0.2, 0.25) is 0 Å². The lowest BCUT2D eigenvalue weighted by Crippen LogP contribution is -2.63. The second kappa shape index (κ2) is 3.70. The van der Waals surface area contributed by atoms with Crippen LogP contribution < -0.4 is 18.3 Å². The minimum Gasteiger partial charge on any atom is -0.254 e. The predicted molar refractivity (Wildman–Crippen MR) is 39.1 cm³/mol. The Bertz CT molecular complexity index is 325. The number of hydrogen-bond donors (Lipinski definition) is 0. The first kappa shape index (κ1) is 11.2. The van der Waals surface area contributed by atoms with Gasteiger partial charge in [-0.1, -0.05) is 4.29 Å². The number of nitrogens with zero attached hydrogens (tertiary/aromatic N) is 1. The molecule has 0 N–H and O–H groups in total. The van der Waals surface area contributed by atoms with Gasteiger partial charge in [-0.05, 0) is 26.8 Å². The fourth-order valence-electron chi connectivity index (χ4n) is 1.22. The Labute approximate surface area is 83.7 Å². The third-order valence-electron chi connectivity index (χ3n) is 1.63. The lowest BCUT2D eigenvalue weighted by Gasteiger charge is -2.14. The van der Waals surface area contributed by atoms with Crippen molar-refractivity contribution in [2.24, 2.45) is 0 Å². The minimum atomic E-state index is -4.45. The summed E-state index contributed by atoms with van der Waals surface area (Å²) in [5.74, 6) is 0.00673. The molecule has 78 valence electrons. The summed E-state index contributed by atoms with van der Waals surface area (Å²) >= 11 is 0. The smallest absolute Gasteiger partial charge is 0.254 e. The first-order chi connectivity index (χ1) is 6.29. The zero-order valence-corrected chi connectivity index (χ0v) is 8.79. The van der Waals surface area contributed by atoms with Crippen LogP contribution in [0.5, 0.6) is 5.75 Å². The number of aromatic nitrogens is 1. The van der Waals surface area contributed by atoms with Crippen molar-refractivity contribution < 1.29 is 28.5 Å². The molecule has 1 heterocycles. The molecule has 0 spiro atoms. The van der Waals surface area contributed by atoms with Gasteiger partial charge in [0.1, 0.15) is 10.2 Å². The zero-order chi connectivity index (χ0) is 10.9. The highest BCUT2D eigenvalue weighted by atomic mass is 35.7. The van der Waals surface area contributed by atoms with Gasteiger partial charge in [0.15, 0.2) is 0 Å². The van der Waals surface area contributed by atoms with E-state index in [1.54, 1.807) is 26.8 Å². The first-order valence-electron chi connectivity index (χ1n) is 3.85. The van der Waals surface area contributed by atoms with Crippen molar-refractivity contribution in [2.75, 3.05) is 0 Å². The molecule has 1 aromatic heterocycles. The molecule has 0 aliphatic carbocycles. The largest absolute Gasteiger partial charge is 0.312 e. The number of pyridine rings is 1. The van der Waals surface area contributed by atoms with Gasteiger partial charge in [0.25, 0.3) is 0 Å². The van der Waals surface area contributed by atoms with Gasteiger partial charge in [0, 0.05) is 11.3 Å². The maximum absolute atomic E-state index is 10.4. The molecule has 1 aromatic rings. The van der Waals surface area contributed by atoms with Crippen molar-refractivity contribution in [3.05, 3.63) is 23.0 Å². The molecule has 14 heavy (non-hydrogen) atoms. The van der Waals surface area contributed by atoms with E-state index >= 15 is 0 Å². The Morgan fingerprint density at radius 2 is 1.79 bits per heavy atom. The van der Waals surface area contributed by atoms with Crippen molar-refractivity contribution in [3.63, 3.8) is 0 Å². The second-order valence-corrected chi connectivity index (χ2v) is 3.86. The second-order valence-electron chi connectivity index (χ2n) is 2.95. The Hall–Kier alpha value is -0.880. The number of aryl methyl sites for hydroxylation is 3. The highest BCUT2D eigenvalue weighted by molar-refractivity contribution is 5.36. The van der Waals surface area contributed by atoms with Gasteiger partial charge in [-0.15, -0.1) is 0 Å². The molecule has 0 aliphatic heterocycles. The van der Waals surface area contributed by atoms with Gasteiger partial charge in [-0.3, -0.25) is 4.98 Å². The maximum Gasteiger partial charge on any atom is 0.312 e. The molecule has 5 nitrogen and oxygen atoms in total. The number of halogens is 1. The Balaban J connectivity index is 3.09. The molecule has 0 saturated carbocycles. The molecule has 0 unspecified atom stereocenters. The molecule has 0 aliphatic rings. The van der Waals surface area contributed by atoms with Crippen LogP contribution in [-0.4, -0.2) is 4.98 Å². The van der Waals surface area contributed by atoms with Gasteiger partial charge in [0.2, 0.25) is 0 Å². The van der Waals surface area contributed by atoms with E-state index in [4.69, 9.17) is 0 Å². The molecule has 0 amide bonds. The van der Waals surface area contributed by atoms with E-state index in [0.717, 1.165) is 5.69 Å². The molecule has 0 saturated heterocycles. The van der Waals surface area contributed by atoms with Crippen molar-refractivity contribution >= 4 is 0 Å². The topological polar surface area (TPSA) is 91.3 Å². The van der Waals surface area contributed by atoms with E-state index in [1.807, 2.05) is 0 Å². The molecule has 0 fully saturated rings. The number of hydrogen-bond acceptors (Lipinski definition) is 5. The van der Waals surface area contributed by atoms with Crippen LogP contribution >= 0.6 is 0 Å². The summed E-state index contributed by atoms with van der Waals surface area (Å²) in [7, 11) is -4.45. The fraction of sp³-hybridized carbons (Fsp3) is 0.375. The van der Waals surface area contributed by atoms with Crippen LogP contribution in [0.25, 0.3) is 0 Å². The van der Waals surface area contributed by atoms with Crippen molar-refractivity contribution in [1.82, 2.24) is 4.98 Å². The summed E-state index contributed by atoms with van der Waals surface area (Å²) in [6, 6.07) is 1.64. The maximum atomic E-state index is 10.4. The molecule has 0 radical (unpaired) electrons.